The van der Waals surface area contributed by atoms with Crippen molar-refractivity contribution < 1.29 is 19.1 Å². The Hall–Kier alpha value is -3.20. The first kappa shape index (κ1) is 21.5. The second kappa shape index (κ2) is 9.08. The van der Waals surface area contributed by atoms with E-state index in [4.69, 9.17) is 9.47 Å². The molecule has 8 nitrogen and oxygen atoms in total. The zero-order valence-electron chi connectivity index (χ0n) is 17.2. The van der Waals surface area contributed by atoms with E-state index in [9.17, 15) is 14.4 Å². The summed E-state index contributed by atoms with van der Waals surface area (Å²) in [6.45, 7) is 5.47. The number of hydrogen-bond acceptors (Lipinski definition) is 7. The quantitative estimate of drug-likeness (QED) is 0.577. The molecule has 0 spiro atoms. The van der Waals surface area contributed by atoms with Crippen molar-refractivity contribution in [2.24, 2.45) is 0 Å². The van der Waals surface area contributed by atoms with Crippen molar-refractivity contribution in [2.45, 2.75) is 33.2 Å². The number of carbonyl (C=O) groups excluding carboxylic acids is 2. The van der Waals surface area contributed by atoms with Crippen molar-refractivity contribution >= 4 is 39.1 Å². The maximum absolute atomic E-state index is 13.0. The summed E-state index contributed by atoms with van der Waals surface area (Å²) < 4.78 is 11.6. The molecule has 1 atom stereocenters. The van der Waals surface area contributed by atoms with Gasteiger partial charge in [0.15, 0.2) is 0 Å². The minimum absolute atomic E-state index is 0.290. The van der Waals surface area contributed by atoms with Crippen LogP contribution in [0.1, 0.15) is 41.5 Å². The van der Waals surface area contributed by atoms with E-state index in [-0.39, 0.29) is 11.5 Å². The predicted octanol–water partition coefficient (Wildman–Crippen LogP) is 3.54. The monoisotopic (exact) mass is 429 g/mol. The Bertz CT molecular complexity index is 1150. The van der Waals surface area contributed by atoms with Gasteiger partial charge in [-0.25, -0.2) is 9.78 Å². The van der Waals surface area contributed by atoms with Crippen LogP contribution in [0.15, 0.2) is 35.4 Å². The van der Waals surface area contributed by atoms with Gasteiger partial charge in [0.2, 0.25) is 0 Å². The number of thiophene rings is 1. The van der Waals surface area contributed by atoms with E-state index >= 15 is 0 Å². The van der Waals surface area contributed by atoms with Gasteiger partial charge in [0.25, 0.3) is 11.5 Å². The molecule has 1 N–H and O–H groups in total. The molecule has 1 amide bonds. The summed E-state index contributed by atoms with van der Waals surface area (Å²) in [4.78, 5) is 43.2. The van der Waals surface area contributed by atoms with Crippen molar-refractivity contribution in [3.63, 3.8) is 0 Å². The second-order valence-electron chi connectivity index (χ2n) is 6.69. The Balaban J connectivity index is 1.96. The van der Waals surface area contributed by atoms with E-state index in [1.807, 2.05) is 6.92 Å². The molecule has 0 fully saturated rings. The molecule has 9 heteroatoms. The number of para-hydroxylation sites is 2. The van der Waals surface area contributed by atoms with Gasteiger partial charge in [-0.15, -0.1) is 11.3 Å². The summed E-state index contributed by atoms with van der Waals surface area (Å²) in [5.74, 6) is -0.326. The molecule has 2 aromatic heterocycles. The number of rotatable bonds is 7. The molecule has 0 bridgehead atoms. The number of anilines is 1. The van der Waals surface area contributed by atoms with Gasteiger partial charge < -0.3 is 14.8 Å². The number of aromatic nitrogens is 2. The number of amides is 1. The average molecular weight is 429 g/mol. The molecule has 30 heavy (non-hydrogen) atoms. The Kier molecular flexibility index (Phi) is 6.51. The molecular formula is C21H23N3O5S. The number of esters is 1. The maximum atomic E-state index is 13.0. The number of fused-ring (bicyclic) bond motifs is 1. The van der Waals surface area contributed by atoms with E-state index in [1.165, 1.54) is 18.0 Å². The van der Waals surface area contributed by atoms with E-state index < -0.39 is 12.0 Å². The van der Waals surface area contributed by atoms with Crippen LogP contribution >= 0.6 is 11.3 Å². The summed E-state index contributed by atoms with van der Waals surface area (Å²) in [5.41, 5.74) is 0.661. The zero-order valence-corrected chi connectivity index (χ0v) is 18.0. The van der Waals surface area contributed by atoms with E-state index in [0.717, 1.165) is 11.3 Å². The van der Waals surface area contributed by atoms with Crippen LogP contribution in [0.2, 0.25) is 0 Å². The largest absolute Gasteiger partial charge is 0.495 e. The maximum Gasteiger partial charge on any atom is 0.328 e. The van der Waals surface area contributed by atoms with Crippen LogP contribution in [0.25, 0.3) is 10.2 Å². The fourth-order valence-electron chi connectivity index (χ4n) is 2.99. The highest BCUT2D eigenvalue weighted by atomic mass is 32.1. The Morgan fingerprint density at radius 2 is 2.03 bits per heavy atom. The number of nitrogens with zero attached hydrogens (tertiary/aromatic N) is 2. The van der Waals surface area contributed by atoms with Crippen LogP contribution < -0.4 is 15.6 Å². The number of carbonyl (C=O) groups is 2. The van der Waals surface area contributed by atoms with Gasteiger partial charge in [-0.05, 0) is 38.0 Å². The number of benzene rings is 1. The van der Waals surface area contributed by atoms with Gasteiger partial charge >= 0.3 is 5.97 Å². The lowest BCUT2D eigenvalue weighted by atomic mass is 10.2. The van der Waals surface area contributed by atoms with Crippen LogP contribution in [-0.2, 0) is 9.53 Å². The third-order valence-electron chi connectivity index (χ3n) is 4.64. The topological polar surface area (TPSA) is 99.5 Å². The second-order valence-corrected chi connectivity index (χ2v) is 7.69. The zero-order chi connectivity index (χ0) is 21.8. The molecule has 0 aliphatic carbocycles. The standard InChI is InChI=1S/C21H23N3O5S/c1-5-10-29-21(27)13(3)24-11-22-19-16(20(24)26)12(2)17(30-19)18(25)23-14-8-6-7-9-15(14)28-4/h6-9,11,13H,5,10H2,1-4H3,(H,23,25)/t13-/m0/s1. The van der Waals surface area contributed by atoms with Gasteiger partial charge in [0.1, 0.15) is 16.6 Å². The number of hydrogen-bond donors (Lipinski definition) is 1. The fourth-order valence-corrected chi connectivity index (χ4v) is 4.03. The normalized spacial score (nSPS) is 11.9. The number of methoxy groups -OCH3 is 1. The lowest BCUT2D eigenvalue weighted by Crippen LogP contribution is -2.29. The van der Waals surface area contributed by atoms with Gasteiger partial charge in [0.05, 0.1) is 36.0 Å². The van der Waals surface area contributed by atoms with Gasteiger partial charge in [-0.1, -0.05) is 19.1 Å². The first-order valence-corrected chi connectivity index (χ1v) is 10.3. The first-order chi connectivity index (χ1) is 14.4. The molecule has 0 unspecified atom stereocenters. The summed E-state index contributed by atoms with van der Waals surface area (Å²) in [6, 6.07) is 6.25. The van der Waals surface area contributed by atoms with Crippen LogP contribution in [0.5, 0.6) is 5.75 Å². The highest BCUT2D eigenvalue weighted by Gasteiger charge is 2.24. The highest BCUT2D eigenvalue weighted by molar-refractivity contribution is 7.20. The first-order valence-electron chi connectivity index (χ1n) is 9.50. The molecule has 0 saturated heterocycles. The van der Waals surface area contributed by atoms with Crippen LogP contribution in [0, 0.1) is 6.92 Å². The molecule has 2 heterocycles. The highest BCUT2D eigenvalue weighted by Crippen LogP contribution is 2.30. The number of ether oxygens (including phenoxy) is 2. The molecule has 0 radical (unpaired) electrons. The summed E-state index contributed by atoms with van der Waals surface area (Å²) in [5, 5.41) is 3.14. The third-order valence-corrected chi connectivity index (χ3v) is 5.84. The number of nitrogens with one attached hydrogen (secondary N) is 1. The van der Waals surface area contributed by atoms with Crippen LogP contribution in [0.4, 0.5) is 5.69 Å². The molecule has 3 aromatic rings. The van der Waals surface area contributed by atoms with Crippen molar-refractivity contribution in [3.8, 4) is 5.75 Å². The van der Waals surface area contributed by atoms with E-state index in [1.54, 1.807) is 38.1 Å². The molecule has 158 valence electrons. The van der Waals surface area contributed by atoms with E-state index in [0.29, 0.717) is 45.1 Å². The van der Waals surface area contributed by atoms with Crippen molar-refractivity contribution in [1.82, 2.24) is 9.55 Å². The van der Waals surface area contributed by atoms with Gasteiger partial charge in [-0.2, -0.15) is 0 Å². The Morgan fingerprint density at radius 3 is 2.73 bits per heavy atom. The summed E-state index contributed by atoms with van der Waals surface area (Å²) in [7, 11) is 1.52. The minimum Gasteiger partial charge on any atom is -0.495 e. The fraction of sp³-hybridized carbons (Fsp3) is 0.333. The third kappa shape index (κ3) is 4.06. The van der Waals surface area contributed by atoms with Crippen LogP contribution in [0.3, 0.4) is 0 Å². The molecule has 0 saturated carbocycles. The van der Waals surface area contributed by atoms with Crippen LogP contribution in [-0.4, -0.2) is 35.1 Å². The lowest BCUT2D eigenvalue weighted by Gasteiger charge is -2.13. The molecule has 0 aliphatic heterocycles. The summed E-state index contributed by atoms with van der Waals surface area (Å²) >= 11 is 1.13. The predicted molar refractivity (Wildman–Crippen MR) is 116 cm³/mol. The Labute approximate surface area is 177 Å². The van der Waals surface area contributed by atoms with Crippen molar-refractivity contribution in [2.75, 3.05) is 19.0 Å². The molecule has 1 aromatic carbocycles. The Morgan fingerprint density at radius 1 is 1.30 bits per heavy atom. The SMILES string of the molecule is CCCOC(=O)[C@H](C)n1cnc2sc(C(=O)Nc3ccccc3OC)c(C)c2c1=O. The number of aryl methyl sites for hydroxylation is 1. The molecular weight excluding hydrogens is 406 g/mol. The van der Waals surface area contributed by atoms with Crippen molar-refractivity contribution in [3.05, 3.63) is 51.4 Å². The summed E-state index contributed by atoms with van der Waals surface area (Å²) in [6.07, 6.45) is 2.01. The van der Waals surface area contributed by atoms with E-state index in [2.05, 4.69) is 10.3 Å². The van der Waals surface area contributed by atoms with Crippen molar-refractivity contribution in [1.29, 1.82) is 0 Å². The minimum atomic E-state index is -0.814. The van der Waals surface area contributed by atoms with Gasteiger partial charge in [-0.3, -0.25) is 14.2 Å². The molecule has 3 rings (SSSR count). The smallest absolute Gasteiger partial charge is 0.328 e. The molecule has 0 aliphatic rings. The lowest BCUT2D eigenvalue weighted by molar-refractivity contribution is -0.147. The average Bonchev–Trinajstić information content (AvgIpc) is 3.09. The van der Waals surface area contributed by atoms with Gasteiger partial charge in [0, 0.05) is 0 Å².